The molecule has 0 bridgehead atoms. The third-order valence-corrected chi connectivity index (χ3v) is 2.93. The lowest BCUT2D eigenvalue weighted by Gasteiger charge is -2.07. The fourth-order valence-electron chi connectivity index (χ4n) is 1.89. The van der Waals surface area contributed by atoms with Crippen LogP contribution in [0, 0.1) is 17.1 Å². The predicted molar refractivity (Wildman–Crippen MR) is 83.9 cm³/mol. The molecule has 0 aliphatic carbocycles. The summed E-state index contributed by atoms with van der Waals surface area (Å²) in [7, 11) is 0. The van der Waals surface area contributed by atoms with Crippen molar-refractivity contribution in [2.75, 3.05) is 10.6 Å². The van der Waals surface area contributed by atoms with Crippen LogP contribution in [0.25, 0.3) is 0 Å². The number of hydrogen-bond donors (Lipinski definition) is 2. The van der Waals surface area contributed by atoms with Gasteiger partial charge in [-0.05, 0) is 42.5 Å². The summed E-state index contributed by atoms with van der Waals surface area (Å²) in [4.78, 5) is 4.25. The Labute approximate surface area is 131 Å². The Morgan fingerprint density at radius 2 is 1.83 bits per heavy atom. The van der Waals surface area contributed by atoms with Crippen molar-refractivity contribution in [3.05, 3.63) is 66.1 Å². The Kier molecular flexibility index (Phi) is 4.07. The zero-order chi connectivity index (χ0) is 16.1. The molecule has 0 atom stereocenters. The largest absolute Gasteiger partial charge is 0.339 e. The molecule has 0 saturated carbocycles. The second kappa shape index (κ2) is 6.49. The summed E-state index contributed by atoms with van der Waals surface area (Å²) < 4.78 is 13.2. The topological polar surface area (TPSA) is 86.5 Å². The maximum absolute atomic E-state index is 13.2. The van der Waals surface area contributed by atoms with E-state index >= 15 is 0 Å². The van der Waals surface area contributed by atoms with Crippen LogP contribution in [-0.4, -0.2) is 15.2 Å². The van der Waals surface area contributed by atoms with Gasteiger partial charge in [0.15, 0.2) is 5.82 Å². The van der Waals surface area contributed by atoms with Crippen molar-refractivity contribution >= 4 is 23.1 Å². The molecule has 0 fully saturated rings. The highest BCUT2D eigenvalue weighted by Crippen LogP contribution is 2.17. The van der Waals surface area contributed by atoms with Gasteiger partial charge in [-0.25, -0.2) is 4.39 Å². The van der Waals surface area contributed by atoms with Gasteiger partial charge >= 0.3 is 0 Å². The SMILES string of the molecule is N#Cc1ccc(Nc2cnnc(Nc3cccc(F)c3)n2)cc1. The Bertz CT molecular complexity index is 857. The summed E-state index contributed by atoms with van der Waals surface area (Å²) in [5.41, 5.74) is 1.87. The van der Waals surface area contributed by atoms with Crippen LogP contribution in [0.5, 0.6) is 0 Å². The van der Waals surface area contributed by atoms with Crippen LogP contribution >= 0.6 is 0 Å². The van der Waals surface area contributed by atoms with E-state index in [4.69, 9.17) is 5.26 Å². The van der Waals surface area contributed by atoms with E-state index < -0.39 is 0 Å². The van der Waals surface area contributed by atoms with Crippen molar-refractivity contribution in [2.24, 2.45) is 0 Å². The highest BCUT2D eigenvalue weighted by molar-refractivity contribution is 5.59. The second-order valence-corrected chi connectivity index (χ2v) is 4.61. The number of rotatable bonds is 4. The van der Waals surface area contributed by atoms with Gasteiger partial charge < -0.3 is 10.6 Å². The second-order valence-electron chi connectivity index (χ2n) is 4.61. The molecule has 7 heteroatoms. The summed E-state index contributed by atoms with van der Waals surface area (Å²) >= 11 is 0. The average molecular weight is 306 g/mol. The van der Waals surface area contributed by atoms with Gasteiger partial charge in [0.25, 0.3) is 0 Å². The van der Waals surface area contributed by atoms with Crippen molar-refractivity contribution in [2.45, 2.75) is 0 Å². The molecule has 2 aromatic carbocycles. The molecule has 1 heterocycles. The molecule has 23 heavy (non-hydrogen) atoms. The first-order valence-corrected chi connectivity index (χ1v) is 6.72. The summed E-state index contributed by atoms with van der Waals surface area (Å²) in [6.45, 7) is 0. The predicted octanol–water partition coefficient (Wildman–Crippen LogP) is 3.37. The van der Waals surface area contributed by atoms with Crippen LogP contribution in [0.1, 0.15) is 5.56 Å². The molecule has 2 N–H and O–H groups in total. The van der Waals surface area contributed by atoms with Gasteiger partial charge in [0, 0.05) is 11.4 Å². The summed E-state index contributed by atoms with van der Waals surface area (Å²) in [6.07, 6.45) is 1.47. The van der Waals surface area contributed by atoms with Crippen LogP contribution in [-0.2, 0) is 0 Å². The molecule has 0 spiro atoms. The van der Waals surface area contributed by atoms with E-state index in [1.165, 1.54) is 18.3 Å². The number of nitrogens with one attached hydrogen (secondary N) is 2. The Hall–Kier alpha value is -3.53. The molecular formula is C16H11FN6. The summed E-state index contributed by atoms with van der Waals surface area (Å²) in [5.74, 6) is 0.368. The van der Waals surface area contributed by atoms with Gasteiger partial charge in [0.2, 0.25) is 5.95 Å². The molecule has 1 aromatic heterocycles. The van der Waals surface area contributed by atoms with E-state index in [1.807, 2.05) is 0 Å². The number of nitrogens with zero attached hydrogens (tertiary/aromatic N) is 4. The zero-order valence-corrected chi connectivity index (χ0v) is 11.9. The molecule has 0 saturated heterocycles. The van der Waals surface area contributed by atoms with Gasteiger partial charge in [-0.15, -0.1) is 5.10 Å². The third kappa shape index (κ3) is 3.77. The first-order chi connectivity index (χ1) is 11.2. The van der Waals surface area contributed by atoms with Gasteiger partial charge in [0.1, 0.15) is 5.82 Å². The summed E-state index contributed by atoms with van der Waals surface area (Å²) in [5, 5.41) is 22.4. The smallest absolute Gasteiger partial charge is 0.249 e. The third-order valence-electron chi connectivity index (χ3n) is 2.93. The van der Waals surface area contributed by atoms with E-state index in [9.17, 15) is 4.39 Å². The number of halogens is 1. The fraction of sp³-hybridized carbons (Fsp3) is 0. The van der Waals surface area contributed by atoms with Crippen molar-refractivity contribution in [1.29, 1.82) is 5.26 Å². The van der Waals surface area contributed by atoms with Crippen LogP contribution in [0.2, 0.25) is 0 Å². The van der Waals surface area contributed by atoms with Gasteiger partial charge in [-0.3, -0.25) is 0 Å². The number of nitriles is 1. The van der Waals surface area contributed by atoms with Gasteiger partial charge in [-0.1, -0.05) is 6.07 Å². The fourth-order valence-corrected chi connectivity index (χ4v) is 1.89. The van der Waals surface area contributed by atoms with Crippen molar-refractivity contribution in [3.63, 3.8) is 0 Å². The van der Waals surface area contributed by atoms with Crippen molar-refractivity contribution in [3.8, 4) is 6.07 Å². The first kappa shape index (κ1) is 14.4. The minimum absolute atomic E-state index is 0.245. The normalized spacial score (nSPS) is 9.91. The minimum atomic E-state index is -0.352. The monoisotopic (exact) mass is 306 g/mol. The zero-order valence-electron chi connectivity index (χ0n) is 11.9. The minimum Gasteiger partial charge on any atom is -0.339 e. The standard InChI is InChI=1S/C16H11FN6/c17-12-2-1-3-14(8-12)21-16-22-15(10-19-23-16)20-13-6-4-11(9-18)5-7-13/h1-8,10H,(H2,20,21,22,23). The van der Waals surface area contributed by atoms with Crippen LogP contribution in [0.15, 0.2) is 54.7 Å². The molecular weight excluding hydrogens is 295 g/mol. The molecule has 112 valence electrons. The van der Waals surface area contributed by atoms with E-state index in [1.54, 1.807) is 36.4 Å². The van der Waals surface area contributed by atoms with E-state index in [2.05, 4.69) is 31.9 Å². The van der Waals surface area contributed by atoms with E-state index in [0.717, 1.165) is 5.69 Å². The van der Waals surface area contributed by atoms with Crippen molar-refractivity contribution in [1.82, 2.24) is 15.2 Å². The van der Waals surface area contributed by atoms with Crippen LogP contribution < -0.4 is 10.6 Å². The molecule has 0 radical (unpaired) electrons. The van der Waals surface area contributed by atoms with E-state index in [0.29, 0.717) is 17.1 Å². The lowest BCUT2D eigenvalue weighted by Crippen LogP contribution is -2.02. The number of anilines is 4. The summed E-state index contributed by atoms with van der Waals surface area (Å²) in [6, 6.07) is 15.0. The maximum atomic E-state index is 13.2. The highest BCUT2D eigenvalue weighted by Gasteiger charge is 2.03. The van der Waals surface area contributed by atoms with E-state index in [-0.39, 0.29) is 11.8 Å². The van der Waals surface area contributed by atoms with Gasteiger partial charge in [0.05, 0.1) is 17.8 Å². The van der Waals surface area contributed by atoms with Crippen LogP contribution in [0.4, 0.5) is 27.5 Å². The Morgan fingerprint density at radius 1 is 1.00 bits per heavy atom. The van der Waals surface area contributed by atoms with Gasteiger partial charge in [-0.2, -0.15) is 15.3 Å². The van der Waals surface area contributed by atoms with Crippen LogP contribution in [0.3, 0.4) is 0 Å². The molecule has 6 nitrogen and oxygen atoms in total. The average Bonchev–Trinajstić information content (AvgIpc) is 2.56. The molecule has 0 unspecified atom stereocenters. The lowest BCUT2D eigenvalue weighted by molar-refractivity contribution is 0.628. The number of aromatic nitrogens is 3. The number of benzene rings is 2. The first-order valence-electron chi connectivity index (χ1n) is 6.72. The molecule has 0 aliphatic heterocycles. The molecule has 3 aromatic rings. The quantitative estimate of drug-likeness (QED) is 0.768. The molecule has 3 rings (SSSR count). The maximum Gasteiger partial charge on any atom is 0.249 e. The number of hydrogen-bond acceptors (Lipinski definition) is 6. The Morgan fingerprint density at radius 3 is 2.57 bits per heavy atom. The lowest BCUT2D eigenvalue weighted by atomic mass is 10.2. The molecule has 0 aliphatic rings. The Balaban J connectivity index is 1.75. The highest BCUT2D eigenvalue weighted by atomic mass is 19.1. The molecule has 0 amide bonds. The van der Waals surface area contributed by atoms with Crippen molar-refractivity contribution < 1.29 is 4.39 Å².